The number of carboxylic acid groups (broad SMARTS) is 1. The molecule has 1 rings (SSSR count). The molecule has 0 aliphatic rings. The molecule has 0 fully saturated rings. The molecule has 5 N–H and O–H groups in total. The fourth-order valence-electron chi connectivity index (χ4n) is 1.47. The summed E-state index contributed by atoms with van der Waals surface area (Å²) in [5.41, 5.74) is 1.18. The van der Waals surface area contributed by atoms with Gasteiger partial charge in [-0.05, 0) is 6.92 Å². The maximum atomic E-state index is 10.7. The second kappa shape index (κ2) is 6.29. The highest BCUT2D eigenvalue weighted by Crippen LogP contribution is 2.23. The molecule has 7 nitrogen and oxygen atoms in total. The zero-order valence-electron chi connectivity index (χ0n) is 9.92. The number of nitrogens with zero attached hydrogens (tertiary/aromatic N) is 1. The molecule has 1 atom stereocenters. The van der Waals surface area contributed by atoms with Gasteiger partial charge in [0.2, 0.25) is 0 Å². The van der Waals surface area contributed by atoms with Gasteiger partial charge < -0.3 is 20.4 Å². The van der Waals surface area contributed by atoms with Gasteiger partial charge >= 0.3 is 5.97 Å². The average Bonchev–Trinajstić information content (AvgIpc) is 2.34. The van der Waals surface area contributed by atoms with Gasteiger partial charge in [-0.15, -0.1) is 0 Å². The minimum Gasteiger partial charge on any atom is -0.506 e. The Morgan fingerprint density at radius 3 is 2.67 bits per heavy atom. The van der Waals surface area contributed by atoms with Gasteiger partial charge in [-0.25, -0.2) is 0 Å². The molecule has 0 radical (unpaired) electrons. The Labute approximate surface area is 104 Å². The number of aliphatic hydroxyl groups excluding tert-OH is 2. The molecular weight excluding hydrogens is 240 g/mol. The van der Waals surface area contributed by atoms with E-state index >= 15 is 0 Å². The predicted octanol–water partition coefficient (Wildman–Crippen LogP) is -0.877. The van der Waals surface area contributed by atoms with Crippen LogP contribution >= 0.6 is 0 Å². The van der Waals surface area contributed by atoms with Gasteiger partial charge in [0.05, 0.1) is 18.9 Å². The summed E-state index contributed by atoms with van der Waals surface area (Å²) in [7, 11) is 0. The van der Waals surface area contributed by atoms with Crippen LogP contribution in [0.25, 0.3) is 0 Å². The van der Waals surface area contributed by atoms with Crippen molar-refractivity contribution in [2.24, 2.45) is 0 Å². The minimum atomic E-state index is -1.19. The first-order valence-electron chi connectivity index (χ1n) is 5.35. The van der Waals surface area contributed by atoms with E-state index < -0.39 is 18.6 Å². The maximum Gasteiger partial charge on any atom is 0.323 e. The summed E-state index contributed by atoms with van der Waals surface area (Å²) >= 11 is 0. The van der Waals surface area contributed by atoms with Gasteiger partial charge in [-0.2, -0.15) is 0 Å². The SMILES string of the molecule is Cc1ncc(CO)c(CN[C@@H](CO)C(=O)O)c1O. The second-order valence-electron chi connectivity index (χ2n) is 3.81. The highest BCUT2D eigenvalue weighted by molar-refractivity contribution is 5.73. The second-order valence-corrected chi connectivity index (χ2v) is 3.81. The maximum absolute atomic E-state index is 10.7. The lowest BCUT2D eigenvalue weighted by molar-refractivity contribution is -0.140. The van der Waals surface area contributed by atoms with E-state index in [1.807, 2.05) is 0 Å². The normalized spacial score (nSPS) is 12.4. The molecule has 0 saturated heterocycles. The van der Waals surface area contributed by atoms with Crippen LogP contribution in [0.15, 0.2) is 6.20 Å². The lowest BCUT2D eigenvalue weighted by atomic mass is 10.1. The van der Waals surface area contributed by atoms with E-state index in [2.05, 4.69) is 10.3 Å². The smallest absolute Gasteiger partial charge is 0.323 e. The van der Waals surface area contributed by atoms with Crippen LogP contribution in [0.5, 0.6) is 5.75 Å². The molecule has 1 aromatic rings. The van der Waals surface area contributed by atoms with Crippen LogP contribution in [-0.2, 0) is 17.9 Å². The average molecular weight is 256 g/mol. The lowest BCUT2D eigenvalue weighted by Gasteiger charge is -2.15. The van der Waals surface area contributed by atoms with Crippen molar-refractivity contribution in [3.63, 3.8) is 0 Å². The quantitative estimate of drug-likeness (QED) is 0.448. The van der Waals surface area contributed by atoms with E-state index in [-0.39, 0.29) is 18.9 Å². The molecule has 0 aliphatic carbocycles. The van der Waals surface area contributed by atoms with Crippen molar-refractivity contribution >= 4 is 5.97 Å². The molecule has 100 valence electrons. The summed E-state index contributed by atoms with van der Waals surface area (Å²) in [5, 5.41) is 39.1. The van der Waals surface area contributed by atoms with E-state index in [0.717, 1.165) is 0 Å². The Kier molecular flexibility index (Phi) is 5.02. The van der Waals surface area contributed by atoms with Crippen LogP contribution in [-0.4, -0.2) is 44.0 Å². The van der Waals surface area contributed by atoms with Gasteiger partial charge in [0.25, 0.3) is 0 Å². The number of aliphatic carboxylic acids is 1. The standard InChI is InChI=1S/C11H16N2O5/c1-6-10(16)8(7(4-14)2-12-6)3-13-9(5-15)11(17)18/h2,9,13-16H,3-5H2,1H3,(H,17,18)/t9-/m0/s1. The van der Waals surface area contributed by atoms with Crippen LogP contribution in [0.3, 0.4) is 0 Å². The molecule has 0 spiro atoms. The van der Waals surface area contributed by atoms with Crippen LogP contribution in [0.2, 0.25) is 0 Å². The number of nitrogens with one attached hydrogen (secondary N) is 1. The van der Waals surface area contributed by atoms with Crippen LogP contribution in [0, 0.1) is 6.92 Å². The number of aliphatic hydroxyl groups is 2. The van der Waals surface area contributed by atoms with Crippen LogP contribution < -0.4 is 5.32 Å². The van der Waals surface area contributed by atoms with Crippen molar-refractivity contribution in [3.05, 3.63) is 23.0 Å². The first kappa shape index (κ1) is 14.4. The van der Waals surface area contributed by atoms with Crippen molar-refractivity contribution < 1.29 is 25.2 Å². The van der Waals surface area contributed by atoms with Crippen molar-refractivity contribution in [2.45, 2.75) is 26.1 Å². The summed E-state index contributed by atoms with van der Waals surface area (Å²) in [4.78, 5) is 14.6. The van der Waals surface area contributed by atoms with E-state index in [9.17, 15) is 9.90 Å². The number of carbonyl (C=O) groups is 1. The third kappa shape index (κ3) is 3.16. The van der Waals surface area contributed by atoms with E-state index in [4.69, 9.17) is 15.3 Å². The number of pyridine rings is 1. The molecule has 1 heterocycles. The molecule has 1 aromatic heterocycles. The number of aromatic nitrogens is 1. The minimum absolute atomic E-state index is 0.0165. The number of aromatic hydroxyl groups is 1. The highest BCUT2D eigenvalue weighted by atomic mass is 16.4. The topological polar surface area (TPSA) is 123 Å². The van der Waals surface area contributed by atoms with Crippen LogP contribution in [0.1, 0.15) is 16.8 Å². The number of hydrogen-bond acceptors (Lipinski definition) is 6. The molecular formula is C11H16N2O5. The van der Waals surface area contributed by atoms with Crippen LogP contribution in [0.4, 0.5) is 0 Å². The Bertz CT molecular complexity index is 436. The first-order chi connectivity index (χ1) is 8.51. The molecule has 0 saturated carbocycles. The molecule has 0 unspecified atom stereocenters. The number of carboxylic acids is 1. The van der Waals surface area contributed by atoms with Gasteiger partial charge in [-0.1, -0.05) is 0 Å². The first-order valence-corrected chi connectivity index (χ1v) is 5.35. The Hall–Kier alpha value is -1.70. The molecule has 0 bridgehead atoms. The van der Waals surface area contributed by atoms with E-state index in [0.29, 0.717) is 16.8 Å². The van der Waals surface area contributed by atoms with E-state index in [1.54, 1.807) is 6.92 Å². The Balaban J connectivity index is 2.89. The predicted molar refractivity (Wildman–Crippen MR) is 61.9 cm³/mol. The lowest BCUT2D eigenvalue weighted by Crippen LogP contribution is -2.39. The summed E-state index contributed by atoms with van der Waals surface area (Å²) in [6.07, 6.45) is 1.42. The largest absolute Gasteiger partial charge is 0.506 e. The van der Waals surface area contributed by atoms with E-state index in [1.165, 1.54) is 6.20 Å². The Morgan fingerprint density at radius 2 is 2.17 bits per heavy atom. The zero-order valence-corrected chi connectivity index (χ0v) is 9.92. The van der Waals surface area contributed by atoms with Crippen molar-refractivity contribution in [1.82, 2.24) is 10.3 Å². The number of rotatable bonds is 6. The molecule has 18 heavy (non-hydrogen) atoms. The summed E-state index contributed by atoms with van der Waals surface area (Å²) in [6.45, 7) is 0.743. The van der Waals surface area contributed by atoms with Gasteiger partial charge in [-0.3, -0.25) is 15.1 Å². The van der Waals surface area contributed by atoms with Crippen molar-refractivity contribution in [3.8, 4) is 5.75 Å². The van der Waals surface area contributed by atoms with Gasteiger partial charge in [0.15, 0.2) is 0 Å². The van der Waals surface area contributed by atoms with Crippen molar-refractivity contribution in [2.75, 3.05) is 6.61 Å². The Morgan fingerprint density at radius 1 is 1.50 bits per heavy atom. The van der Waals surface area contributed by atoms with Gasteiger partial charge in [0, 0.05) is 23.9 Å². The van der Waals surface area contributed by atoms with Gasteiger partial charge in [0.1, 0.15) is 11.8 Å². The zero-order chi connectivity index (χ0) is 13.7. The summed E-state index contributed by atoms with van der Waals surface area (Å²) < 4.78 is 0. The third-order valence-corrected chi connectivity index (χ3v) is 2.61. The highest BCUT2D eigenvalue weighted by Gasteiger charge is 2.18. The van der Waals surface area contributed by atoms with Crippen molar-refractivity contribution in [1.29, 1.82) is 0 Å². The molecule has 0 aromatic carbocycles. The summed E-state index contributed by atoms with van der Waals surface area (Å²) in [5.74, 6) is -1.27. The fourth-order valence-corrected chi connectivity index (χ4v) is 1.47. The molecule has 0 amide bonds. The fraction of sp³-hybridized carbons (Fsp3) is 0.455. The molecule has 7 heteroatoms. The molecule has 0 aliphatic heterocycles. The third-order valence-electron chi connectivity index (χ3n) is 2.61. The number of aryl methyl sites for hydroxylation is 1. The number of hydrogen-bond donors (Lipinski definition) is 5. The summed E-state index contributed by atoms with van der Waals surface area (Å²) in [6, 6.07) is -1.12. The monoisotopic (exact) mass is 256 g/mol.